The second kappa shape index (κ2) is 8.34. The minimum Gasteiger partial charge on any atom is -0.469 e. The molecule has 4 unspecified atom stereocenters. The van der Waals surface area contributed by atoms with Gasteiger partial charge in [-0.2, -0.15) is 0 Å². The van der Waals surface area contributed by atoms with E-state index in [0.717, 1.165) is 32.5 Å². The molecule has 4 aliphatic rings. The molecule has 2 bridgehead atoms. The number of ether oxygens (including phenoxy) is 1. The Morgan fingerprint density at radius 3 is 2.43 bits per heavy atom. The van der Waals surface area contributed by atoms with Crippen molar-refractivity contribution in [1.82, 2.24) is 4.90 Å². The van der Waals surface area contributed by atoms with Gasteiger partial charge in [-0.25, -0.2) is 0 Å². The van der Waals surface area contributed by atoms with Gasteiger partial charge in [0.1, 0.15) is 0 Å². The van der Waals surface area contributed by atoms with Crippen LogP contribution in [0.3, 0.4) is 0 Å². The van der Waals surface area contributed by atoms with Crippen LogP contribution in [0.2, 0.25) is 0 Å². The lowest BCUT2D eigenvalue weighted by Crippen LogP contribution is -2.60. The Hall–Kier alpha value is -2.91. The number of carbonyl (C=O) groups excluding carboxylic acids is 1. The Kier molecular flexibility index (Phi) is 5.37. The lowest BCUT2D eigenvalue weighted by Gasteiger charge is -2.59. The Bertz CT molecular complexity index is 1230. The smallest absolute Gasteiger partial charge is 0.314 e. The van der Waals surface area contributed by atoms with Crippen LogP contribution in [0.1, 0.15) is 66.3 Å². The first-order valence-corrected chi connectivity index (χ1v) is 13.0. The maximum Gasteiger partial charge on any atom is 0.314 e. The minimum atomic E-state index is -0.521. The molecule has 0 radical (unpaired) electrons. The van der Waals surface area contributed by atoms with Crippen molar-refractivity contribution >= 4 is 5.97 Å². The summed E-state index contributed by atoms with van der Waals surface area (Å²) < 4.78 is 5.63. The van der Waals surface area contributed by atoms with Gasteiger partial charge in [-0.05, 0) is 46.6 Å². The van der Waals surface area contributed by atoms with Crippen LogP contribution in [-0.2, 0) is 21.5 Å². The van der Waals surface area contributed by atoms with Crippen LogP contribution in [-0.4, -0.2) is 31.1 Å². The summed E-state index contributed by atoms with van der Waals surface area (Å²) >= 11 is 0. The predicted octanol–water partition coefficient (Wildman–Crippen LogP) is 6.28. The summed E-state index contributed by atoms with van der Waals surface area (Å²) in [5.74, 6) is 0.858. The Balaban J connectivity index is 1.53. The van der Waals surface area contributed by atoms with Crippen molar-refractivity contribution in [2.45, 2.75) is 50.5 Å². The highest BCUT2D eigenvalue weighted by atomic mass is 16.5. The van der Waals surface area contributed by atoms with Gasteiger partial charge in [0, 0.05) is 36.9 Å². The highest BCUT2D eigenvalue weighted by Crippen LogP contribution is 2.69. The molecule has 3 nitrogen and oxygen atoms in total. The van der Waals surface area contributed by atoms with E-state index in [1.165, 1.54) is 27.8 Å². The topological polar surface area (TPSA) is 29.5 Å². The molecule has 0 aromatic heterocycles. The van der Waals surface area contributed by atoms with Gasteiger partial charge >= 0.3 is 5.97 Å². The standard InChI is InChI=1S/C32H35NO2/c1-22(2)24-13-15-25(16-14-24)31-18-17-28(26-11-7-8-12-27(26)31)32(30(34)35-3)21-33(20-29(31)32)19-23-9-5-4-6-10-23/h4-16,22,28-29H,17-21H2,1-3H3. The molecule has 7 rings (SSSR count). The van der Waals surface area contributed by atoms with Gasteiger partial charge in [0.15, 0.2) is 0 Å². The summed E-state index contributed by atoms with van der Waals surface area (Å²) in [6.07, 6.45) is 2.10. The molecular formula is C32H35NO2. The van der Waals surface area contributed by atoms with Crippen molar-refractivity contribution < 1.29 is 9.53 Å². The molecular weight excluding hydrogens is 430 g/mol. The summed E-state index contributed by atoms with van der Waals surface area (Å²) in [5, 5.41) is 0. The van der Waals surface area contributed by atoms with E-state index >= 15 is 0 Å². The number of benzene rings is 3. The van der Waals surface area contributed by atoms with E-state index in [4.69, 9.17) is 4.74 Å². The quantitative estimate of drug-likeness (QED) is 0.416. The Morgan fingerprint density at radius 2 is 1.71 bits per heavy atom. The molecule has 35 heavy (non-hydrogen) atoms. The first-order chi connectivity index (χ1) is 17.0. The third-order valence-electron chi connectivity index (χ3n) is 9.32. The Morgan fingerprint density at radius 1 is 1.00 bits per heavy atom. The fourth-order valence-corrected chi connectivity index (χ4v) is 7.85. The third kappa shape index (κ3) is 3.17. The van der Waals surface area contributed by atoms with Crippen molar-refractivity contribution in [3.05, 3.63) is 107 Å². The second-order valence-electron chi connectivity index (χ2n) is 11.2. The van der Waals surface area contributed by atoms with Crippen LogP contribution in [0.15, 0.2) is 78.9 Å². The van der Waals surface area contributed by atoms with Crippen LogP contribution >= 0.6 is 0 Å². The number of hydrogen-bond donors (Lipinski definition) is 0. The van der Waals surface area contributed by atoms with Gasteiger partial charge in [0.25, 0.3) is 0 Å². The number of nitrogens with zero attached hydrogens (tertiary/aromatic N) is 1. The third-order valence-corrected chi connectivity index (χ3v) is 9.32. The predicted molar refractivity (Wildman–Crippen MR) is 139 cm³/mol. The van der Waals surface area contributed by atoms with Gasteiger partial charge in [-0.1, -0.05) is 92.7 Å². The molecule has 3 aromatic rings. The largest absolute Gasteiger partial charge is 0.469 e. The first kappa shape index (κ1) is 22.5. The van der Waals surface area contributed by atoms with Crippen molar-refractivity contribution in [2.24, 2.45) is 11.3 Å². The summed E-state index contributed by atoms with van der Waals surface area (Å²) in [6, 6.07) is 28.9. The van der Waals surface area contributed by atoms with Crippen molar-refractivity contribution in [2.75, 3.05) is 20.2 Å². The van der Waals surface area contributed by atoms with E-state index in [-0.39, 0.29) is 23.2 Å². The van der Waals surface area contributed by atoms with Gasteiger partial charge in [-0.3, -0.25) is 9.69 Å². The van der Waals surface area contributed by atoms with Crippen molar-refractivity contribution in [3.8, 4) is 0 Å². The number of carbonyl (C=O) groups is 1. The van der Waals surface area contributed by atoms with Crippen molar-refractivity contribution in [1.29, 1.82) is 0 Å². The Labute approximate surface area is 209 Å². The normalized spacial score (nSPS) is 29.1. The van der Waals surface area contributed by atoms with Gasteiger partial charge in [-0.15, -0.1) is 0 Å². The average Bonchev–Trinajstić information content (AvgIpc) is 3.30. The summed E-state index contributed by atoms with van der Waals surface area (Å²) in [4.78, 5) is 16.3. The average molecular weight is 466 g/mol. The number of likely N-dealkylation sites (tertiary alicyclic amines) is 1. The zero-order valence-electron chi connectivity index (χ0n) is 21.0. The highest BCUT2D eigenvalue weighted by Gasteiger charge is 2.70. The molecule has 3 aromatic carbocycles. The van der Waals surface area contributed by atoms with E-state index < -0.39 is 5.41 Å². The van der Waals surface area contributed by atoms with Crippen molar-refractivity contribution in [3.63, 3.8) is 0 Å². The van der Waals surface area contributed by atoms with E-state index in [2.05, 4.69) is 97.6 Å². The fourth-order valence-electron chi connectivity index (χ4n) is 7.85. The van der Waals surface area contributed by atoms with Crippen LogP contribution in [0.4, 0.5) is 0 Å². The zero-order valence-corrected chi connectivity index (χ0v) is 21.0. The molecule has 1 heterocycles. The molecule has 3 heteroatoms. The number of methoxy groups -OCH3 is 1. The molecule has 1 aliphatic heterocycles. The van der Waals surface area contributed by atoms with Crippen LogP contribution in [0.5, 0.6) is 0 Å². The second-order valence-corrected chi connectivity index (χ2v) is 11.2. The van der Waals surface area contributed by atoms with Crippen LogP contribution in [0.25, 0.3) is 0 Å². The lowest BCUT2D eigenvalue weighted by molar-refractivity contribution is -0.161. The van der Waals surface area contributed by atoms with E-state index in [9.17, 15) is 4.79 Å². The molecule has 4 atom stereocenters. The monoisotopic (exact) mass is 465 g/mol. The zero-order chi connectivity index (χ0) is 24.2. The fraction of sp³-hybridized carbons (Fsp3) is 0.406. The maximum atomic E-state index is 13.8. The van der Waals surface area contributed by atoms with Crippen LogP contribution < -0.4 is 0 Å². The van der Waals surface area contributed by atoms with Gasteiger partial charge < -0.3 is 4.74 Å². The number of hydrogen-bond acceptors (Lipinski definition) is 3. The van der Waals surface area contributed by atoms with E-state index in [0.29, 0.717) is 5.92 Å². The molecule has 1 saturated carbocycles. The molecule has 2 fully saturated rings. The van der Waals surface area contributed by atoms with Gasteiger partial charge in [0.2, 0.25) is 0 Å². The highest BCUT2D eigenvalue weighted by molar-refractivity contribution is 5.82. The lowest BCUT2D eigenvalue weighted by atomic mass is 9.42. The number of fused-ring (bicyclic) bond motifs is 1. The maximum absolute atomic E-state index is 13.8. The molecule has 0 spiro atoms. The first-order valence-electron chi connectivity index (χ1n) is 13.0. The SMILES string of the molecule is COC(=O)C12CN(Cc3ccccc3)CC1C1(c3ccc(C(C)C)cc3)CCC2c2ccccc21. The van der Waals surface area contributed by atoms with E-state index in [1.54, 1.807) is 7.11 Å². The molecule has 3 aliphatic carbocycles. The molecule has 1 saturated heterocycles. The molecule has 0 amide bonds. The summed E-state index contributed by atoms with van der Waals surface area (Å²) in [6.45, 7) is 7.01. The summed E-state index contributed by atoms with van der Waals surface area (Å²) in [7, 11) is 1.58. The van der Waals surface area contributed by atoms with Gasteiger partial charge in [0.05, 0.1) is 12.5 Å². The van der Waals surface area contributed by atoms with E-state index in [1.807, 2.05) is 0 Å². The van der Waals surface area contributed by atoms with Crippen LogP contribution in [0, 0.1) is 11.3 Å². The molecule has 0 N–H and O–H groups in total. The number of rotatable bonds is 5. The number of esters is 1. The summed E-state index contributed by atoms with van der Waals surface area (Å²) in [5.41, 5.74) is 6.10. The molecule has 180 valence electrons. The minimum absolute atomic E-state index is 0.0274.